The first-order valence-corrected chi connectivity index (χ1v) is 5.93. The summed E-state index contributed by atoms with van der Waals surface area (Å²) in [6.07, 6.45) is 8.43. The van der Waals surface area contributed by atoms with Gasteiger partial charge in [-0.15, -0.1) is 0 Å². The number of aromatic nitrogens is 2. The monoisotopic (exact) mass is 226 g/mol. The highest BCUT2D eigenvalue weighted by molar-refractivity contribution is 5.05. The Balaban J connectivity index is 2.03. The molecular weight excluding hydrogens is 207 g/mol. The second kappa shape index (κ2) is 8.02. The summed E-state index contributed by atoms with van der Waals surface area (Å²) in [5.41, 5.74) is 0. The average molecular weight is 226 g/mol. The van der Waals surface area contributed by atoms with Crippen molar-refractivity contribution in [3.8, 4) is 5.88 Å². The van der Waals surface area contributed by atoms with E-state index in [1.54, 1.807) is 0 Å². The van der Waals surface area contributed by atoms with Gasteiger partial charge in [0.25, 0.3) is 0 Å². The summed E-state index contributed by atoms with van der Waals surface area (Å²) in [6.45, 7) is 2.80. The minimum absolute atomic E-state index is 0.320. The van der Waals surface area contributed by atoms with E-state index in [0.717, 1.165) is 12.8 Å². The Labute approximate surface area is 96.1 Å². The van der Waals surface area contributed by atoms with Crippen molar-refractivity contribution in [2.45, 2.75) is 45.4 Å². The van der Waals surface area contributed by atoms with Gasteiger partial charge < -0.3 is 4.74 Å². The Hall–Kier alpha value is -1.19. The summed E-state index contributed by atoms with van der Waals surface area (Å²) in [7, 11) is 0. The van der Waals surface area contributed by atoms with Crippen molar-refractivity contribution >= 4 is 0 Å². The van der Waals surface area contributed by atoms with Crippen LogP contribution in [0.2, 0.25) is 0 Å². The molecule has 0 radical (unpaired) electrons. The van der Waals surface area contributed by atoms with E-state index < -0.39 is 5.95 Å². The number of ether oxygens (including phenoxy) is 1. The topological polar surface area (TPSA) is 35.0 Å². The Kier molecular flexibility index (Phi) is 6.45. The molecule has 3 nitrogen and oxygen atoms in total. The average Bonchev–Trinajstić information content (AvgIpc) is 2.28. The van der Waals surface area contributed by atoms with E-state index in [9.17, 15) is 4.39 Å². The van der Waals surface area contributed by atoms with E-state index in [-0.39, 0.29) is 0 Å². The maximum atomic E-state index is 12.7. The van der Waals surface area contributed by atoms with Crippen LogP contribution >= 0.6 is 0 Å². The van der Waals surface area contributed by atoms with E-state index in [1.165, 1.54) is 38.1 Å². The molecule has 0 saturated carbocycles. The van der Waals surface area contributed by atoms with E-state index in [4.69, 9.17) is 4.74 Å². The summed E-state index contributed by atoms with van der Waals surface area (Å²) in [5.74, 6) is -0.228. The molecule has 0 N–H and O–H groups in total. The molecule has 0 atom stereocenters. The first-order chi connectivity index (χ1) is 7.83. The Morgan fingerprint density at radius 1 is 1.12 bits per heavy atom. The third-order valence-electron chi connectivity index (χ3n) is 2.36. The Bertz CT molecular complexity index is 294. The van der Waals surface area contributed by atoms with Gasteiger partial charge in [-0.05, 0) is 6.42 Å². The molecule has 4 heteroatoms. The van der Waals surface area contributed by atoms with Crippen LogP contribution < -0.4 is 4.74 Å². The predicted octanol–water partition coefficient (Wildman–Crippen LogP) is 3.36. The fraction of sp³-hybridized carbons (Fsp3) is 0.667. The third kappa shape index (κ3) is 5.63. The highest BCUT2D eigenvalue weighted by Crippen LogP contribution is 2.08. The smallest absolute Gasteiger partial charge is 0.219 e. The lowest BCUT2D eigenvalue weighted by atomic mass is 10.1. The van der Waals surface area contributed by atoms with Crippen molar-refractivity contribution in [3.63, 3.8) is 0 Å². The standard InChI is InChI=1S/C12H19FN2O/c1-2-3-4-5-6-7-8-16-12-9-11(13)14-10-15-12/h9-10H,2-8H2,1H3. The van der Waals surface area contributed by atoms with Crippen molar-refractivity contribution in [2.75, 3.05) is 6.61 Å². The molecular formula is C12H19FN2O. The molecule has 0 fully saturated rings. The zero-order valence-corrected chi connectivity index (χ0v) is 9.79. The first kappa shape index (κ1) is 12.9. The summed E-state index contributed by atoms with van der Waals surface area (Å²) < 4.78 is 18.0. The molecule has 0 amide bonds. The number of hydrogen-bond acceptors (Lipinski definition) is 3. The van der Waals surface area contributed by atoms with Crippen molar-refractivity contribution < 1.29 is 9.13 Å². The van der Waals surface area contributed by atoms with Crippen LogP contribution in [0.5, 0.6) is 5.88 Å². The lowest BCUT2D eigenvalue weighted by Gasteiger charge is -2.04. The molecule has 0 unspecified atom stereocenters. The van der Waals surface area contributed by atoms with Gasteiger partial charge in [0.05, 0.1) is 12.7 Å². The van der Waals surface area contributed by atoms with Gasteiger partial charge in [0, 0.05) is 0 Å². The van der Waals surface area contributed by atoms with Crippen LogP contribution in [0.3, 0.4) is 0 Å². The molecule has 0 aliphatic rings. The molecule has 16 heavy (non-hydrogen) atoms. The maximum absolute atomic E-state index is 12.7. The Morgan fingerprint density at radius 2 is 1.88 bits per heavy atom. The van der Waals surface area contributed by atoms with Crippen LogP contribution in [0.4, 0.5) is 4.39 Å². The summed E-state index contributed by atoms with van der Waals surface area (Å²) in [6, 6.07) is 1.21. The summed E-state index contributed by atoms with van der Waals surface area (Å²) in [4.78, 5) is 7.17. The van der Waals surface area contributed by atoms with Gasteiger partial charge in [-0.25, -0.2) is 9.97 Å². The molecule has 0 bridgehead atoms. The van der Waals surface area contributed by atoms with Gasteiger partial charge in [0.15, 0.2) is 0 Å². The van der Waals surface area contributed by atoms with Crippen LogP contribution in [0.25, 0.3) is 0 Å². The van der Waals surface area contributed by atoms with Crippen LogP contribution in [-0.4, -0.2) is 16.6 Å². The molecule has 90 valence electrons. The van der Waals surface area contributed by atoms with Crippen LogP contribution in [0.1, 0.15) is 45.4 Å². The SMILES string of the molecule is CCCCCCCCOc1cc(F)ncn1. The van der Waals surface area contributed by atoms with Crippen molar-refractivity contribution in [1.29, 1.82) is 0 Å². The first-order valence-electron chi connectivity index (χ1n) is 5.93. The minimum atomic E-state index is -0.548. The quantitative estimate of drug-likeness (QED) is 0.503. The number of unbranched alkanes of at least 4 members (excludes halogenated alkanes) is 5. The highest BCUT2D eigenvalue weighted by atomic mass is 19.1. The maximum Gasteiger partial charge on any atom is 0.219 e. The molecule has 1 aromatic heterocycles. The highest BCUT2D eigenvalue weighted by Gasteiger charge is 1.98. The van der Waals surface area contributed by atoms with E-state index in [2.05, 4.69) is 16.9 Å². The van der Waals surface area contributed by atoms with Crippen molar-refractivity contribution in [2.24, 2.45) is 0 Å². The van der Waals surface area contributed by atoms with Gasteiger partial charge in [-0.1, -0.05) is 39.0 Å². The minimum Gasteiger partial charge on any atom is -0.478 e. The fourth-order valence-corrected chi connectivity index (χ4v) is 1.46. The number of nitrogens with zero attached hydrogens (tertiary/aromatic N) is 2. The number of hydrogen-bond donors (Lipinski definition) is 0. The van der Waals surface area contributed by atoms with Crippen LogP contribution in [0, 0.1) is 5.95 Å². The van der Waals surface area contributed by atoms with E-state index in [0.29, 0.717) is 12.5 Å². The molecule has 1 heterocycles. The molecule has 0 aliphatic heterocycles. The fourth-order valence-electron chi connectivity index (χ4n) is 1.46. The summed E-state index contributed by atoms with van der Waals surface area (Å²) in [5, 5.41) is 0. The molecule has 0 aliphatic carbocycles. The molecule has 0 aromatic carbocycles. The van der Waals surface area contributed by atoms with Gasteiger partial charge >= 0.3 is 0 Å². The summed E-state index contributed by atoms with van der Waals surface area (Å²) >= 11 is 0. The van der Waals surface area contributed by atoms with E-state index in [1.807, 2.05) is 0 Å². The third-order valence-corrected chi connectivity index (χ3v) is 2.36. The van der Waals surface area contributed by atoms with Gasteiger partial charge in [-0.2, -0.15) is 4.39 Å². The second-order valence-corrected chi connectivity index (χ2v) is 3.80. The van der Waals surface area contributed by atoms with Gasteiger partial charge in [0.1, 0.15) is 6.33 Å². The van der Waals surface area contributed by atoms with Gasteiger partial charge in [-0.3, -0.25) is 0 Å². The predicted molar refractivity (Wildman–Crippen MR) is 60.9 cm³/mol. The molecule has 0 saturated heterocycles. The number of rotatable bonds is 8. The number of halogens is 1. The zero-order valence-electron chi connectivity index (χ0n) is 9.79. The largest absolute Gasteiger partial charge is 0.478 e. The molecule has 0 spiro atoms. The van der Waals surface area contributed by atoms with Gasteiger partial charge in [0.2, 0.25) is 11.8 Å². The van der Waals surface area contributed by atoms with Crippen molar-refractivity contribution in [1.82, 2.24) is 9.97 Å². The normalized spacial score (nSPS) is 10.4. The zero-order chi connectivity index (χ0) is 11.6. The Morgan fingerprint density at radius 3 is 2.62 bits per heavy atom. The van der Waals surface area contributed by atoms with E-state index >= 15 is 0 Å². The van der Waals surface area contributed by atoms with Crippen LogP contribution in [0.15, 0.2) is 12.4 Å². The molecule has 1 aromatic rings. The lowest BCUT2D eigenvalue weighted by Crippen LogP contribution is -2.00. The second-order valence-electron chi connectivity index (χ2n) is 3.80. The lowest BCUT2D eigenvalue weighted by molar-refractivity contribution is 0.290. The van der Waals surface area contributed by atoms with Crippen LogP contribution in [-0.2, 0) is 0 Å². The molecule has 1 rings (SSSR count). The van der Waals surface area contributed by atoms with Crippen molar-refractivity contribution in [3.05, 3.63) is 18.3 Å².